The fourth-order valence-corrected chi connectivity index (χ4v) is 3.12. The molecule has 1 aliphatic carbocycles. The summed E-state index contributed by atoms with van der Waals surface area (Å²) in [4.78, 5) is 15.5. The lowest BCUT2D eigenvalue weighted by Gasteiger charge is -2.21. The minimum Gasteiger partial charge on any atom is -0.300 e. The molecule has 0 aliphatic heterocycles. The Morgan fingerprint density at radius 3 is 2.88 bits per heavy atom. The van der Waals surface area contributed by atoms with Crippen LogP contribution in [0.25, 0.3) is 10.2 Å². The van der Waals surface area contributed by atoms with Crippen LogP contribution < -0.4 is 0 Å². The van der Waals surface area contributed by atoms with Gasteiger partial charge in [0.1, 0.15) is 5.78 Å². The second-order valence-electron chi connectivity index (χ2n) is 4.39. The number of nitrogens with zero attached hydrogens (tertiary/aromatic N) is 1. The molecule has 3 rings (SSSR count). The third-order valence-corrected chi connectivity index (χ3v) is 4.16. The van der Waals surface area contributed by atoms with Gasteiger partial charge in [0.05, 0.1) is 15.7 Å². The standard InChI is InChI=1S/C13H13NOS/c15-11-4-1-9(2-5-11)10-3-6-12-13(7-10)16-8-14-12/h3,6-9H,1-2,4-5H2. The van der Waals surface area contributed by atoms with Gasteiger partial charge in [0, 0.05) is 12.8 Å². The van der Waals surface area contributed by atoms with Crippen LogP contribution >= 0.6 is 11.3 Å². The predicted octanol–water partition coefficient (Wildman–Crippen LogP) is 3.52. The van der Waals surface area contributed by atoms with Crippen molar-refractivity contribution < 1.29 is 4.79 Å². The van der Waals surface area contributed by atoms with Crippen LogP contribution in [0.3, 0.4) is 0 Å². The Balaban J connectivity index is 1.90. The molecule has 0 amide bonds. The highest BCUT2D eigenvalue weighted by atomic mass is 32.1. The molecule has 0 bridgehead atoms. The van der Waals surface area contributed by atoms with Crippen LogP contribution in [-0.2, 0) is 4.79 Å². The number of hydrogen-bond donors (Lipinski definition) is 0. The fourth-order valence-electron chi connectivity index (χ4n) is 2.40. The van der Waals surface area contributed by atoms with Gasteiger partial charge in [-0.05, 0) is 36.5 Å². The Labute approximate surface area is 98.3 Å². The molecule has 2 nitrogen and oxygen atoms in total. The van der Waals surface area contributed by atoms with Gasteiger partial charge in [0.25, 0.3) is 0 Å². The van der Waals surface area contributed by atoms with E-state index in [2.05, 4.69) is 23.2 Å². The van der Waals surface area contributed by atoms with Crippen LogP contribution in [0.4, 0.5) is 0 Å². The minimum absolute atomic E-state index is 0.426. The van der Waals surface area contributed by atoms with Crippen molar-refractivity contribution in [3.05, 3.63) is 29.3 Å². The smallest absolute Gasteiger partial charge is 0.132 e. The molecule has 0 saturated heterocycles. The first-order chi connectivity index (χ1) is 7.83. The van der Waals surface area contributed by atoms with Crippen molar-refractivity contribution in [3.63, 3.8) is 0 Å². The zero-order chi connectivity index (χ0) is 11.0. The average Bonchev–Trinajstić information content (AvgIpc) is 2.77. The summed E-state index contributed by atoms with van der Waals surface area (Å²) in [5, 5.41) is 0. The molecule has 1 aliphatic rings. The number of carbonyl (C=O) groups excluding carboxylic acids is 1. The molecule has 1 aromatic carbocycles. The van der Waals surface area contributed by atoms with E-state index in [9.17, 15) is 4.79 Å². The number of aromatic nitrogens is 1. The van der Waals surface area contributed by atoms with E-state index in [0.29, 0.717) is 11.7 Å². The number of benzene rings is 1. The third kappa shape index (κ3) is 1.76. The van der Waals surface area contributed by atoms with Crippen LogP contribution in [-0.4, -0.2) is 10.8 Å². The van der Waals surface area contributed by atoms with Crippen LogP contribution in [0.1, 0.15) is 37.2 Å². The highest BCUT2D eigenvalue weighted by Crippen LogP contribution is 2.33. The first-order valence-electron chi connectivity index (χ1n) is 5.68. The lowest BCUT2D eigenvalue weighted by Crippen LogP contribution is -2.12. The van der Waals surface area contributed by atoms with Gasteiger partial charge in [-0.25, -0.2) is 4.98 Å². The number of Topliss-reactive ketones (excluding diaryl/α,β-unsaturated/α-hetero) is 1. The number of ketones is 1. The van der Waals surface area contributed by atoms with Crippen LogP contribution in [0, 0.1) is 0 Å². The maximum Gasteiger partial charge on any atom is 0.132 e. The second kappa shape index (κ2) is 3.98. The average molecular weight is 231 g/mol. The molecule has 0 atom stereocenters. The van der Waals surface area contributed by atoms with Gasteiger partial charge in [-0.3, -0.25) is 4.79 Å². The number of hydrogen-bond acceptors (Lipinski definition) is 3. The SMILES string of the molecule is O=C1CCC(c2ccc3ncsc3c2)CC1. The Bertz CT molecular complexity index is 521. The maximum atomic E-state index is 11.2. The molecular formula is C13H13NOS. The summed E-state index contributed by atoms with van der Waals surface area (Å²) in [6.07, 6.45) is 3.54. The zero-order valence-corrected chi connectivity index (χ0v) is 9.80. The summed E-state index contributed by atoms with van der Waals surface area (Å²) in [6.45, 7) is 0. The van der Waals surface area contributed by atoms with Gasteiger partial charge in [0.15, 0.2) is 0 Å². The minimum atomic E-state index is 0.426. The summed E-state index contributed by atoms with van der Waals surface area (Å²) in [5.74, 6) is 0.999. The van der Waals surface area contributed by atoms with Crippen molar-refractivity contribution in [2.75, 3.05) is 0 Å². The molecular weight excluding hydrogens is 218 g/mol. The monoisotopic (exact) mass is 231 g/mol. The van der Waals surface area contributed by atoms with Gasteiger partial charge in [-0.2, -0.15) is 0 Å². The summed E-state index contributed by atoms with van der Waals surface area (Å²) in [5.41, 5.74) is 4.35. The lowest BCUT2D eigenvalue weighted by atomic mass is 9.83. The van der Waals surface area contributed by atoms with Crippen LogP contribution in [0.2, 0.25) is 0 Å². The molecule has 0 spiro atoms. The zero-order valence-electron chi connectivity index (χ0n) is 8.98. The largest absolute Gasteiger partial charge is 0.300 e. The molecule has 16 heavy (non-hydrogen) atoms. The lowest BCUT2D eigenvalue weighted by molar-refractivity contribution is -0.120. The molecule has 3 heteroatoms. The van der Waals surface area contributed by atoms with Crippen LogP contribution in [0.15, 0.2) is 23.7 Å². The van der Waals surface area contributed by atoms with Gasteiger partial charge < -0.3 is 0 Å². The van der Waals surface area contributed by atoms with Gasteiger partial charge >= 0.3 is 0 Å². The fraction of sp³-hybridized carbons (Fsp3) is 0.385. The Kier molecular flexibility index (Phi) is 2.48. The Morgan fingerprint density at radius 1 is 1.25 bits per heavy atom. The van der Waals surface area contributed by atoms with Crippen molar-refractivity contribution in [1.82, 2.24) is 4.98 Å². The quantitative estimate of drug-likeness (QED) is 0.751. The number of fused-ring (bicyclic) bond motifs is 1. The number of carbonyl (C=O) groups is 1. The van der Waals surface area contributed by atoms with Crippen molar-refractivity contribution in [3.8, 4) is 0 Å². The molecule has 0 radical (unpaired) electrons. The summed E-state index contributed by atoms with van der Waals surface area (Å²) < 4.78 is 1.26. The number of rotatable bonds is 1. The highest BCUT2D eigenvalue weighted by molar-refractivity contribution is 7.16. The van der Waals surface area contributed by atoms with Crippen molar-refractivity contribution >= 4 is 27.3 Å². The van der Waals surface area contributed by atoms with E-state index >= 15 is 0 Å². The molecule has 0 unspecified atom stereocenters. The Hall–Kier alpha value is -1.22. The first-order valence-corrected chi connectivity index (χ1v) is 6.56. The van der Waals surface area contributed by atoms with E-state index < -0.39 is 0 Å². The number of thiazole rings is 1. The normalized spacial score (nSPS) is 18.1. The summed E-state index contributed by atoms with van der Waals surface area (Å²) in [7, 11) is 0. The summed E-state index contributed by atoms with van der Waals surface area (Å²) >= 11 is 1.69. The Morgan fingerprint density at radius 2 is 2.06 bits per heavy atom. The van der Waals surface area contributed by atoms with Gasteiger partial charge in [-0.1, -0.05) is 6.07 Å². The topological polar surface area (TPSA) is 30.0 Å². The highest BCUT2D eigenvalue weighted by Gasteiger charge is 2.20. The van der Waals surface area contributed by atoms with E-state index in [1.54, 1.807) is 11.3 Å². The van der Waals surface area contributed by atoms with Crippen molar-refractivity contribution in [2.24, 2.45) is 0 Å². The molecule has 1 fully saturated rings. The van der Waals surface area contributed by atoms with E-state index in [0.717, 1.165) is 31.2 Å². The van der Waals surface area contributed by atoms with Crippen molar-refractivity contribution in [1.29, 1.82) is 0 Å². The molecule has 0 N–H and O–H groups in total. The van der Waals surface area contributed by atoms with E-state index in [1.807, 2.05) is 5.51 Å². The third-order valence-electron chi connectivity index (χ3n) is 3.37. The van der Waals surface area contributed by atoms with E-state index in [-0.39, 0.29) is 0 Å². The predicted molar refractivity (Wildman–Crippen MR) is 65.8 cm³/mol. The molecule has 1 heterocycles. The van der Waals surface area contributed by atoms with Gasteiger partial charge in [-0.15, -0.1) is 11.3 Å². The van der Waals surface area contributed by atoms with E-state index in [1.165, 1.54) is 10.3 Å². The first kappa shape index (κ1) is 9.97. The molecule has 1 saturated carbocycles. The molecule has 2 aromatic rings. The maximum absolute atomic E-state index is 11.2. The second-order valence-corrected chi connectivity index (χ2v) is 5.28. The van der Waals surface area contributed by atoms with Crippen LogP contribution in [0.5, 0.6) is 0 Å². The molecule has 82 valence electrons. The van der Waals surface area contributed by atoms with Crippen molar-refractivity contribution in [2.45, 2.75) is 31.6 Å². The molecule has 1 aromatic heterocycles. The summed E-state index contributed by atoms with van der Waals surface area (Å²) in [6, 6.07) is 6.51. The van der Waals surface area contributed by atoms with Gasteiger partial charge in [0.2, 0.25) is 0 Å². The van der Waals surface area contributed by atoms with E-state index in [4.69, 9.17) is 0 Å².